The summed E-state index contributed by atoms with van der Waals surface area (Å²) in [6.45, 7) is 0. The van der Waals surface area contributed by atoms with Crippen molar-refractivity contribution in [3.05, 3.63) is 42.6 Å². The molecule has 0 radical (unpaired) electrons. The lowest BCUT2D eigenvalue weighted by Crippen LogP contribution is -2.25. The lowest BCUT2D eigenvalue weighted by Gasteiger charge is -1.98. The number of fused-ring (bicyclic) bond motifs is 2. The minimum absolute atomic E-state index is 0.794. The second-order valence-corrected chi connectivity index (χ2v) is 8.22. The minimum atomic E-state index is -4.41. The monoisotopic (exact) mass is 449 g/mol. The van der Waals surface area contributed by atoms with Gasteiger partial charge in [0.05, 0.1) is 42.8 Å². The van der Waals surface area contributed by atoms with Crippen LogP contribution in [0.3, 0.4) is 0 Å². The topological polar surface area (TPSA) is 122 Å². The standard InChI is InChI=1S/C17H16N5OS.CH4O4S/c1-21-15-9-14-11(10-18-22(14)2)8-16(15)24-17(21)20-19-12-4-6-13(23-3)7-5-12;1-5-6(2,3)4/h4-10H,1-3H3;1H3,(H,2,3,4)/q+1;/p-1. The molecule has 2 heterocycles. The highest BCUT2D eigenvalue weighted by atomic mass is 32.3. The molecule has 0 atom stereocenters. The zero-order valence-electron chi connectivity index (χ0n) is 16.6. The molecular formula is C18H19N5O5S2. The van der Waals surface area contributed by atoms with E-state index in [-0.39, 0.29) is 0 Å². The van der Waals surface area contributed by atoms with Gasteiger partial charge in [-0.2, -0.15) is 5.10 Å². The third kappa shape index (κ3) is 4.97. The van der Waals surface area contributed by atoms with E-state index >= 15 is 0 Å². The number of ether oxygens (including phenoxy) is 1. The second kappa shape index (κ2) is 8.83. The zero-order valence-corrected chi connectivity index (χ0v) is 18.3. The average Bonchev–Trinajstić information content (AvgIpc) is 3.25. The van der Waals surface area contributed by atoms with Crippen molar-refractivity contribution >= 4 is 53.7 Å². The number of benzene rings is 2. The first kappa shape index (κ1) is 21.8. The summed E-state index contributed by atoms with van der Waals surface area (Å²) < 4.78 is 41.3. The highest BCUT2D eigenvalue weighted by molar-refractivity contribution is 7.80. The van der Waals surface area contributed by atoms with Gasteiger partial charge in [-0.15, -0.1) is 0 Å². The molecule has 0 fully saturated rings. The molecular weight excluding hydrogens is 430 g/mol. The number of thiazole rings is 1. The maximum Gasteiger partial charge on any atom is 0.409 e. The Kier molecular flexibility index (Phi) is 6.41. The fourth-order valence-corrected chi connectivity index (χ4v) is 3.62. The van der Waals surface area contributed by atoms with E-state index in [1.165, 1.54) is 4.70 Å². The summed E-state index contributed by atoms with van der Waals surface area (Å²) in [6, 6.07) is 11.8. The number of aryl methyl sites for hydroxylation is 2. The normalized spacial score (nSPS) is 11.8. The van der Waals surface area contributed by atoms with Crippen molar-refractivity contribution in [1.29, 1.82) is 0 Å². The van der Waals surface area contributed by atoms with Crippen molar-refractivity contribution < 1.29 is 26.5 Å². The number of methoxy groups -OCH3 is 1. The van der Waals surface area contributed by atoms with Crippen LogP contribution in [0.25, 0.3) is 21.1 Å². The predicted molar refractivity (Wildman–Crippen MR) is 111 cm³/mol. The minimum Gasteiger partial charge on any atom is -0.726 e. The van der Waals surface area contributed by atoms with E-state index in [9.17, 15) is 13.0 Å². The van der Waals surface area contributed by atoms with Crippen LogP contribution in [-0.2, 0) is 28.7 Å². The number of nitrogens with zero attached hydrogens (tertiary/aromatic N) is 5. The molecule has 0 saturated heterocycles. The summed E-state index contributed by atoms with van der Waals surface area (Å²) >= 11 is 1.62. The molecule has 0 aliphatic carbocycles. The Hall–Kier alpha value is -2.93. The highest BCUT2D eigenvalue weighted by Crippen LogP contribution is 2.30. The quantitative estimate of drug-likeness (QED) is 0.204. The van der Waals surface area contributed by atoms with Crippen LogP contribution in [0.5, 0.6) is 5.75 Å². The van der Waals surface area contributed by atoms with Crippen molar-refractivity contribution in [3.63, 3.8) is 0 Å². The van der Waals surface area contributed by atoms with Crippen molar-refractivity contribution in [2.24, 2.45) is 24.3 Å². The molecule has 0 spiro atoms. The van der Waals surface area contributed by atoms with E-state index in [0.717, 1.165) is 40.1 Å². The molecule has 2 aromatic heterocycles. The van der Waals surface area contributed by atoms with Gasteiger partial charge >= 0.3 is 5.13 Å². The van der Waals surface area contributed by atoms with Crippen LogP contribution in [0, 0.1) is 0 Å². The second-order valence-electron chi connectivity index (χ2n) is 6.06. The SMILES string of the molecule is COS(=O)(=O)[O-].COc1ccc(N=Nc2sc3cc4cnn(C)c4cc3[n+]2C)cc1. The van der Waals surface area contributed by atoms with Crippen LogP contribution in [0.1, 0.15) is 0 Å². The van der Waals surface area contributed by atoms with Gasteiger partial charge in [-0.1, -0.05) is 0 Å². The van der Waals surface area contributed by atoms with Crippen LogP contribution in [0.4, 0.5) is 10.8 Å². The molecule has 0 bridgehead atoms. The summed E-state index contributed by atoms with van der Waals surface area (Å²) in [7, 11) is 1.99. The predicted octanol–water partition coefficient (Wildman–Crippen LogP) is 3.13. The number of hydrogen-bond donors (Lipinski definition) is 0. The maximum absolute atomic E-state index is 9.22. The first-order chi connectivity index (χ1) is 14.2. The lowest BCUT2D eigenvalue weighted by atomic mass is 10.2. The van der Waals surface area contributed by atoms with E-state index in [1.54, 1.807) is 18.4 Å². The van der Waals surface area contributed by atoms with E-state index in [4.69, 9.17) is 4.74 Å². The van der Waals surface area contributed by atoms with Crippen LogP contribution in [0.15, 0.2) is 52.8 Å². The fourth-order valence-electron chi connectivity index (χ4n) is 2.62. The fraction of sp³-hybridized carbons (Fsp3) is 0.222. The van der Waals surface area contributed by atoms with Gasteiger partial charge in [0.2, 0.25) is 10.4 Å². The zero-order chi connectivity index (χ0) is 21.9. The van der Waals surface area contributed by atoms with Gasteiger partial charge in [0.15, 0.2) is 0 Å². The smallest absolute Gasteiger partial charge is 0.409 e. The third-order valence-electron chi connectivity index (χ3n) is 4.20. The average molecular weight is 450 g/mol. The summed E-state index contributed by atoms with van der Waals surface area (Å²) in [4.78, 5) is 0. The lowest BCUT2D eigenvalue weighted by molar-refractivity contribution is -0.627. The molecule has 158 valence electrons. The molecule has 0 aliphatic heterocycles. The van der Waals surface area contributed by atoms with Gasteiger partial charge < -0.3 is 9.29 Å². The number of aromatic nitrogens is 3. The molecule has 0 saturated carbocycles. The molecule has 2 aromatic carbocycles. The first-order valence-electron chi connectivity index (χ1n) is 8.53. The summed E-state index contributed by atoms with van der Waals surface area (Å²) in [6.07, 6.45) is 1.88. The number of azo groups is 1. The first-order valence-corrected chi connectivity index (χ1v) is 10.7. The Morgan fingerprint density at radius 2 is 1.83 bits per heavy atom. The summed E-state index contributed by atoms with van der Waals surface area (Å²) in [5, 5.41) is 15.0. The summed E-state index contributed by atoms with van der Waals surface area (Å²) in [5.41, 5.74) is 3.02. The van der Waals surface area contributed by atoms with Gasteiger partial charge in [-0.25, -0.2) is 13.0 Å². The Bertz CT molecular complexity index is 1310. The van der Waals surface area contributed by atoms with Crippen molar-refractivity contribution in [2.45, 2.75) is 0 Å². The van der Waals surface area contributed by atoms with E-state index in [0.29, 0.717) is 0 Å². The Morgan fingerprint density at radius 1 is 1.17 bits per heavy atom. The number of hydrogen-bond acceptors (Lipinski definition) is 9. The maximum atomic E-state index is 9.22. The van der Waals surface area contributed by atoms with Crippen LogP contribution in [-0.4, -0.2) is 37.0 Å². The Morgan fingerprint density at radius 3 is 2.43 bits per heavy atom. The van der Waals surface area contributed by atoms with Gasteiger partial charge in [0, 0.05) is 18.5 Å². The van der Waals surface area contributed by atoms with Gasteiger partial charge in [0.25, 0.3) is 0 Å². The van der Waals surface area contributed by atoms with Crippen molar-refractivity contribution in [1.82, 2.24) is 9.78 Å². The molecule has 30 heavy (non-hydrogen) atoms. The molecule has 0 amide bonds. The Balaban J connectivity index is 0.000000377. The van der Waals surface area contributed by atoms with Gasteiger partial charge in [-0.05, 0) is 46.8 Å². The van der Waals surface area contributed by atoms with E-state index in [1.807, 2.05) is 49.2 Å². The molecule has 4 rings (SSSR count). The van der Waals surface area contributed by atoms with E-state index in [2.05, 4.69) is 36.2 Å². The van der Waals surface area contributed by atoms with Crippen LogP contribution >= 0.6 is 11.3 Å². The third-order valence-corrected chi connectivity index (χ3v) is 5.70. The molecule has 0 unspecified atom stereocenters. The summed E-state index contributed by atoms with van der Waals surface area (Å²) in [5.74, 6) is 0.807. The molecule has 10 nitrogen and oxygen atoms in total. The van der Waals surface area contributed by atoms with Crippen molar-refractivity contribution in [2.75, 3.05) is 14.2 Å². The Labute approximate surface area is 177 Å². The molecule has 0 aliphatic rings. The van der Waals surface area contributed by atoms with Gasteiger partial charge in [0.1, 0.15) is 17.0 Å². The van der Waals surface area contributed by atoms with E-state index < -0.39 is 10.4 Å². The molecule has 4 aromatic rings. The van der Waals surface area contributed by atoms with Gasteiger partial charge in [-0.3, -0.25) is 8.86 Å². The highest BCUT2D eigenvalue weighted by Gasteiger charge is 2.17. The van der Waals surface area contributed by atoms with Crippen molar-refractivity contribution in [3.8, 4) is 5.75 Å². The number of rotatable bonds is 4. The van der Waals surface area contributed by atoms with Crippen LogP contribution < -0.4 is 9.30 Å². The molecule has 12 heteroatoms. The van der Waals surface area contributed by atoms with Crippen LogP contribution in [0.2, 0.25) is 0 Å². The molecule has 0 N–H and O–H groups in total. The largest absolute Gasteiger partial charge is 0.726 e.